The minimum atomic E-state index is -4.44. The Hall–Kier alpha value is -2.67. The molecule has 1 aliphatic heterocycles. The number of carbonyl (C=O) groups is 1. The normalized spacial score (nSPS) is 23.9. The molecule has 35 heavy (non-hydrogen) atoms. The zero-order valence-electron chi connectivity index (χ0n) is 20.6. The Labute approximate surface area is 204 Å². The van der Waals surface area contributed by atoms with Crippen LogP contribution >= 0.6 is 0 Å². The highest BCUT2D eigenvalue weighted by Gasteiger charge is 2.53. The van der Waals surface area contributed by atoms with Crippen LogP contribution in [-0.2, 0) is 30.5 Å². The minimum Gasteiger partial charge on any atom is -0.337 e. The number of hydrogen-bond acceptors (Lipinski definition) is 3. The van der Waals surface area contributed by atoms with Gasteiger partial charge in [0.05, 0.1) is 11.0 Å². The number of benzene rings is 1. The summed E-state index contributed by atoms with van der Waals surface area (Å²) in [5, 5.41) is 0. The third kappa shape index (κ3) is 4.39. The van der Waals surface area contributed by atoms with E-state index in [9.17, 15) is 18.0 Å². The molecule has 1 aromatic heterocycles. The van der Waals surface area contributed by atoms with Crippen molar-refractivity contribution in [2.75, 3.05) is 13.6 Å². The second-order valence-corrected chi connectivity index (χ2v) is 10.6. The molecule has 0 spiro atoms. The predicted octanol–water partition coefficient (Wildman–Crippen LogP) is 5.60. The molecule has 2 aromatic rings. The first kappa shape index (κ1) is 24.0. The van der Waals surface area contributed by atoms with Crippen LogP contribution < -0.4 is 0 Å². The molecule has 1 saturated carbocycles. The van der Waals surface area contributed by atoms with E-state index in [2.05, 4.69) is 55.1 Å². The first-order valence-corrected chi connectivity index (χ1v) is 12.4. The molecule has 2 aliphatic carbocycles. The smallest absolute Gasteiger partial charge is 0.337 e. The Morgan fingerprint density at radius 3 is 2.80 bits per heavy atom. The number of carbonyl (C=O) groups excluding carboxylic acids is 1. The highest BCUT2D eigenvalue weighted by atomic mass is 19.4. The number of aromatic nitrogens is 1. The topological polar surface area (TPSA) is 36.4 Å². The van der Waals surface area contributed by atoms with E-state index in [1.807, 2.05) is 0 Å². The van der Waals surface area contributed by atoms with Crippen molar-refractivity contribution in [3.05, 3.63) is 75.6 Å². The number of rotatable bonds is 4. The largest absolute Gasteiger partial charge is 0.417 e. The van der Waals surface area contributed by atoms with Gasteiger partial charge in [0.2, 0.25) is 5.91 Å². The lowest BCUT2D eigenvalue weighted by Gasteiger charge is -2.37. The summed E-state index contributed by atoms with van der Waals surface area (Å²) in [6.07, 6.45) is 2.50. The van der Waals surface area contributed by atoms with Crippen LogP contribution in [0.25, 0.3) is 0 Å². The Morgan fingerprint density at radius 1 is 1.26 bits per heavy atom. The zero-order valence-corrected chi connectivity index (χ0v) is 20.6. The number of nitrogens with zero attached hydrogens (tertiary/aromatic N) is 3. The third-order valence-corrected chi connectivity index (χ3v) is 8.22. The molecule has 2 unspecified atom stereocenters. The van der Waals surface area contributed by atoms with Gasteiger partial charge in [-0.2, -0.15) is 13.2 Å². The number of amides is 1. The van der Waals surface area contributed by atoms with Crippen LogP contribution in [0.1, 0.15) is 59.2 Å². The maximum Gasteiger partial charge on any atom is 0.417 e. The summed E-state index contributed by atoms with van der Waals surface area (Å²) in [6, 6.07) is 7.96. The number of fused-ring (bicyclic) bond motifs is 2. The molecule has 1 aromatic carbocycles. The summed E-state index contributed by atoms with van der Waals surface area (Å²) < 4.78 is 39.7. The third-order valence-electron chi connectivity index (χ3n) is 8.22. The monoisotopic (exact) mass is 483 g/mol. The van der Waals surface area contributed by atoms with Gasteiger partial charge >= 0.3 is 6.18 Å². The Kier molecular flexibility index (Phi) is 6.02. The van der Waals surface area contributed by atoms with Crippen LogP contribution in [0.3, 0.4) is 0 Å². The molecule has 1 fully saturated rings. The van der Waals surface area contributed by atoms with E-state index in [0.717, 1.165) is 38.4 Å². The van der Waals surface area contributed by atoms with Crippen molar-refractivity contribution in [1.82, 2.24) is 14.8 Å². The summed E-state index contributed by atoms with van der Waals surface area (Å²) >= 11 is 0. The van der Waals surface area contributed by atoms with Gasteiger partial charge in [0, 0.05) is 44.0 Å². The average Bonchev–Trinajstić information content (AvgIpc) is 3.38. The lowest BCUT2D eigenvalue weighted by Crippen LogP contribution is -2.46. The van der Waals surface area contributed by atoms with E-state index in [1.54, 1.807) is 4.90 Å². The molecule has 0 radical (unpaired) electrons. The minimum absolute atomic E-state index is 0.0757. The van der Waals surface area contributed by atoms with Crippen molar-refractivity contribution in [3.63, 3.8) is 0 Å². The molecule has 7 heteroatoms. The molecule has 2 heterocycles. The summed E-state index contributed by atoms with van der Waals surface area (Å²) in [4.78, 5) is 22.1. The summed E-state index contributed by atoms with van der Waals surface area (Å²) in [7, 11) is 2.13. The molecule has 0 saturated heterocycles. The van der Waals surface area contributed by atoms with E-state index in [0.29, 0.717) is 24.2 Å². The van der Waals surface area contributed by atoms with Crippen molar-refractivity contribution >= 4 is 5.91 Å². The number of hydrogen-bond donors (Lipinski definition) is 0. The Balaban J connectivity index is 1.33. The van der Waals surface area contributed by atoms with Crippen molar-refractivity contribution in [1.29, 1.82) is 0 Å². The van der Waals surface area contributed by atoms with Gasteiger partial charge in [-0.25, -0.2) is 0 Å². The molecule has 2 atom stereocenters. The van der Waals surface area contributed by atoms with Crippen LogP contribution in [0.4, 0.5) is 13.2 Å². The highest BCUT2D eigenvalue weighted by Crippen LogP contribution is 2.53. The van der Waals surface area contributed by atoms with E-state index < -0.39 is 17.2 Å². The first-order chi connectivity index (χ1) is 16.6. The lowest BCUT2D eigenvalue weighted by atomic mass is 9.80. The van der Waals surface area contributed by atoms with Gasteiger partial charge < -0.3 is 4.90 Å². The van der Waals surface area contributed by atoms with Crippen LogP contribution in [-0.4, -0.2) is 40.3 Å². The van der Waals surface area contributed by atoms with E-state index in [-0.39, 0.29) is 18.5 Å². The molecular weight excluding hydrogens is 451 g/mol. The van der Waals surface area contributed by atoms with Crippen molar-refractivity contribution < 1.29 is 18.0 Å². The summed E-state index contributed by atoms with van der Waals surface area (Å²) in [5.74, 6) is 0.0757. The molecule has 4 nitrogen and oxygen atoms in total. The molecule has 186 valence electrons. The van der Waals surface area contributed by atoms with Crippen molar-refractivity contribution in [2.24, 2.45) is 5.41 Å². The number of aryl methyl sites for hydroxylation is 2. The Bertz CT molecular complexity index is 1190. The summed E-state index contributed by atoms with van der Waals surface area (Å²) in [5.41, 5.74) is 4.95. The molecule has 1 amide bonds. The second kappa shape index (κ2) is 8.77. The Morgan fingerprint density at radius 2 is 2.06 bits per heavy atom. The number of alkyl halides is 3. The van der Waals surface area contributed by atoms with Crippen LogP contribution in [0, 0.1) is 19.3 Å². The van der Waals surface area contributed by atoms with Gasteiger partial charge in [-0.3, -0.25) is 14.7 Å². The average molecular weight is 484 g/mol. The number of allylic oxidation sites excluding steroid dienone is 1. The molecule has 0 bridgehead atoms. The molecule has 0 N–H and O–H groups in total. The van der Waals surface area contributed by atoms with Gasteiger partial charge in [-0.1, -0.05) is 35.4 Å². The lowest BCUT2D eigenvalue weighted by molar-refractivity contribution is -0.141. The molecular formula is C28H32F3N3O. The number of pyridine rings is 1. The van der Waals surface area contributed by atoms with Gasteiger partial charge in [0.25, 0.3) is 0 Å². The maximum absolute atomic E-state index is 13.9. The SMILES string of the molecule is Cc1ccc(CN(C)C2CC3=CCCC3(C(=O)N3CCc4ncc(C(F)(F)F)cc4C3)C2)c(C)c1. The van der Waals surface area contributed by atoms with Gasteiger partial charge in [0.15, 0.2) is 0 Å². The van der Waals surface area contributed by atoms with Crippen molar-refractivity contribution in [2.45, 2.75) is 71.3 Å². The fourth-order valence-electron chi connectivity index (χ4n) is 6.21. The number of halogens is 3. The van der Waals surface area contributed by atoms with Crippen molar-refractivity contribution in [3.8, 4) is 0 Å². The fourth-order valence-corrected chi connectivity index (χ4v) is 6.21. The van der Waals surface area contributed by atoms with Crippen LogP contribution in [0.2, 0.25) is 0 Å². The van der Waals surface area contributed by atoms with Gasteiger partial charge in [-0.15, -0.1) is 0 Å². The van der Waals surface area contributed by atoms with E-state index in [4.69, 9.17) is 0 Å². The van der Waals surface area contributed by atoms with Gasteiger partial charge in [-0.05, 0) is 69.3 Å². The quantitative estimate of drug-likeness (QED) is 0.531. The zero-order chi connectivity index (χ0) is 25.0. The standard InChI is InChI=1S/C28H32F3N3O/c1-18-6-7-20(19(2)11-18)16-33(3)24-13-22-5-4-9-27(22,14-24)26(35)34-10-8-25-21(17-34)12-23(15-32-25)28(29,30)31/h5-7,11-12,15,24H,4,8-10,13-14,16-17H2,1-3H3. The van der Waals surface area contributed by atoms with E-state index in [1.165, 1.54) is 28.3 Å². The first-order valence-electron chi connectivity index (χ1n) is 12.4. The highest BCUT2D eigenvalue weighted by molar-refractivity contribution is 5.87. The van der Waals surface area contributed by atoms with E-state index >= 15 is 0 Å². The predicted molar refractivity (Wildman–Crippen MR) is 129 cm³/mol. The van der Waals surface area contributed by atoms with Crippen LogP contribution in [0.5, 0.6) is 0 Å². The maximum atomic E-state index is 13.9. The second-order valence-electron chi connectivity index (χ2n) is 10.6. The fraction of sp³-hybridized carbons (Fsp3) is 0.500. The molecule has 5 rings (SSSR count). The summed E-state index contributed by atoms with van der Waals surface area (Å²) in [6.45, 7) is 5.77. The molecule has 3 aliphatic rings. The van der Waals surface area contributed by atoms with Gasteiger partial charge in [0.1, 0.15) is 0 Å². The van der Waals surface area contributed by atoms with Crippen LogP contribution in [0.15, 0.2) is 42.1 Å².